The van der Waals surface area contributed by atoms with Crippen LogP contribution < -0.4 is 9.80 Å². The molecule has 0 amide bonds. The lowest BCUT2D eigenvalue weighted by Crippen LogP contribution is -2.09. The Balaban J connectivity index is 1.05. The van der Waals surface area contributed by atoms with Crippen LogP contribution in [0.15, 0.2) is 185 Å². The van der Waals surface area contributed by atoms with E-state index in [1.165, 1.54) is 21.9 Å². The number of furan rings is 2. The number of benzene rings is 9. The van der Waals surface area contributed by atoms with Crippen LogP contribution in [-0.4, -0.2) is 0 Å². The molecule has 0 N–H and O–H groups in total. The smallest absolute Gasteiger partial charge is 0.142 e. The first-order valence-electron chi connectivity index (χ1n) is 20.4. The summed E-state index contributed by atoms with van der Waals surface area (Å²) in [6.45, 7) is 8.71. The quantitative estimate of drug-likeness (QED) is 0.162. The van der Waals surface area contributed by atoms with Gasteiger partial charge < -0.3 is 18.6 Å². The summed E-state index contributed by atoms with van der Waals surface area (Å²) in [4.78, 5) is 4.62. The second kappa shape index (κ2) is 13.7. The molecular formula is C55H42N2O2. The molecule has 0 fully saturated rings. The van der Waals surface area contributed by atoms with Crippen LogP contribution in [0.2, 0.25) is 0 Å². The van der Waals surface area contributed by atoms with Gasteiger partial charge in [0.05, 0.1) is 0 Å². The monoisotopic (exact) mass is 762 g/mol. The molecule has 0 aliphatic rings. The number of aryl methyl sites for hydroxylation is 2. The third-order valence-electron chi connectivity index (χ3n) is 11.8. The molecule has 0 spiro atoms. The molecule has 0 radical (unpaired) electrons. The van der Waals surface area contributed by atoms with Gasteiger partial charge in [-0.15, -0.1) is 0 Å². The Labute approximate surface area is 343 Å². The van der Waals surface area contributed by atoms with E-state index in [9.17, 15) is 0 Å². The summed E-state index contributed by atoms with van der Waals surface area (Å²) in [5, 5.41) is 9.04. The Morgan fingerprint density at radius 3 is 1.15 bits per heavy atom. The van der Waals surface area contributed by atoms with Crippen LogP contribution in [0.5, 0.6) is 0 Å². The van der Waals surface area contributed by atoms with Crippen molar-refractivity contribution in [1.29, 1.82) is 0 Å². The topological polar surface area (TPSA) is 32.8 Å². The molecule has 0 atom stereocenters. The van der Waals surface area contributed by atoms with E-state index in [4.69, 9.17) is 8.83 Å². The van der Waals surface area contributed by atoms with Gasteiger partial charge in [-0.05, 0) is 144 Å². The van der Waals surface area contributed by atoms with Crippen LogP contribution in [-0.2, 0) is 0 Å². The summed E-state index contributed by atoms with van der Waals surface area (Å²) in [6, 6.07) is 63.3. The lowest BCUT2D eigenvalue weighted by Gasteiger charge is -2.26. The van der Waals surface area contributed by atoms with Crippen LogP contribution in [0.25, 0.3) is 65.4 Å². The third-order valence-corrected chi connectivity index (χ3v) is 11.8. The van der Waals surface area contributed by atoms with Crippen molar-refractivity contribution in [2.75, 3.05) is 9.80 Å². The number of rotatable bonds is 7. The molecule has 0 unspecified atom stereocenters. The van der Waals surface area contributed by atoms with E-state index in [1.54, 1.807) is 0 Å². The highest BCUT2D eigenvalue weighted by Gasteiger charge is 2.23. The molecule has 2 heterocycles. The summed E-state index contributed by atoms with van der Waals surface area (Å²) in [7, 11) is 0. The van der Waals surface area contributed by atoms with Crippen molar-refractivity contribution in [1.82, 2.24) is 0 Å². The summed E-state index contributed by atoms with van der Waals surface area (Å²) >= 11 is 0. The second-order valence-corrected chi connectivity index (χ2v) is 16.2. The van der Waals surface area contributed by atoms with Crippen LogP contribution in [0, 0.1) is 13.8 Å². The van der Waals surface area contributed by atoms with Crippen molar-refractivity contribution in [3.05, 3.63) is 193 Å². The minimum absolute atomic E-state index is 0.173. The molecule has 4 heteroatoms. The minimum Gasteiger partial charge on any atom is -0.456 e. The van der Waals surface area contributed by atoms with E-state index in [1.807, 2.05) is 0 Å². The molecule has 0 saturated heterocycles. The zero-order chi connectivity index (χ0) is 39.8. The molecule has 284 valence electrons. The van der Waals surface area contributed by atoms with Gasteiger partial charge in [0.1, 0.15) is 22.3 Å². The molecular weight excluding hydrogens is 721 g/mol. The number of nitrogens with zero attached hydrogens (tertiary/aromatic N) is 2. The number of fused-ring (bicyclic) bond motifs is 8. The highest BCUT2D eigenvalue weighted by Crippen LogP contribution is 2.45. The number of hydrogen-bond donors (Lipinski definition) is 0. The van der Waals surface area contributed by atoms with E-state index in [-0.39, 0.29) is 5.92 Å². The first kappa shape index (κ1) is 34.9. The van der Waals surface area contributed by atoms with Crippen molar-refractivity contribution in [2.45, 2.75) is 33.6 Å². The molecule has 11 aromatic rings. The fourth-order valence-electron chi connectivity index (χ4n) is 8.87. The lowest BCUT2D eigenvalue weighted by atomic mass is 9.95. The molecule has 4 nitrogen and oxygen atoms in total. The van der Waals surface area contributed by atoms with E-state index in [0.29, 0.717) is 0 Å². The number of para-hydroxylation sites is 2. The number of hydrogen-bond acceptors (Lipinski definition) is 4. The van der Waals surface area contributed by atoms with Crippen LogP contribution >= 0.6 is 0 Å². The largest absolute Gasteiger partial charge is 0.456 e. The first-order chi connectivity index (χ1) is 28.9. The fraction of sp³-hybridized carbons (Fsp3) is 0.0909. The SMILES string of the molecule is Cc1ccc(N(c2ccccc2)c2ccc3cc4c(cc3c2)oc2c(C(C)C)c3oc5cc6cc(N(c7ccccc7)c7ccc(C)cc7)ccc6cc5c3cc24)cc1. The molecule has 0 bridgehead atoms. The van der Waals surface area contributed by atoms with Gasteiger partial charge in [0.15, 0.2) is 0 Å². The molecule has 0 saturated carbocycles. The zero-order valence-electron chi connectivity index (χ0n) is 33.5. The van der Waals surface area contributed by atoms with Gasteiger partial charge in [-0.1, -0.05) is 97.8 Å². The normalized spacial score (nSPS) is 11.9. The van der Waals surface area contributed by atoms with Crippen LogP contribution in [0.4, 0.5) is 34.1 Å². The summed E-state index contributed by atoms with van der Waals surface area (Å²) in [5.41, 5.74) is 13.8. The second-order valence-electron chi connectivity index (χ2n) is 16.2. The van der Waals surface area contributed by atoms with Crippen molar-refractivity contribution >= 4 is 99.5 Å². The van der Waals surface area contributed by atoms with Crippen molar-refractivity contribution in [2.24, 2.45) is 0 Å². The molecule has 9 aromatic carbocycles. The Hall–Kier alpha value is -7.30. The predicted molar refractivity (Wildman–Crippen MR) is 249 cm³/mol. The van der Waals surface area contributed by atoms with Crippen LogP contribution in [0.3, 0.4) is 0 Å². The summed E-state index contributed by atoms with van der Waals surface area (Å²) in [6.07, 6.45) is 0. The van der Waals surface area contributed by atoms with Gasteiger partial charge in [-0.2, -0.15) is 0 Å². The van der Waals surface area contributed by atoms with Crippen molar-refractivity contribution < 1.29 is 8.83 Å². The van der Waals surface area contributed by atoms with Gasteiger partial charge in [0, 0.05) is 61.2 Å². The van der Waals surface area contributed by atoms with Gasteiger partial charge >= 0.3 is 0 Å². The first-order valence-corrected chi connectivity index (χ1v) is 20.4. The maximum Gasteiger partial charge on any atom is 0.142 e. The minimum atomic E-state index is 0.173. The standard InChI is InChI=1S/C55H42N2O2/c1-34(2)53-54-49(47-29-37-19-25-45(27-39(37)31-51(47)58-54)56(41-11-7-5-8-12-41)43-21-15-35(3)16-22-43)33-50-48-30-38-20-26-46(28-40(38)32-52(48)59-55(50)53)57(42-13-9-6-10-14-42)44-23-17-36(4)18-24-44/h5-34H,1-4H3. The molecule has 11 rings (SSSR count). The van der Waals surface area contributed by atoms with E-state index in [0.717, 1.165) is 94.3 Å². The third kappa shape index (κ3) is 5.90. The average molecular weight is 763 g/mol. The van der Waals surface area contributed by atoms with Gasteiger partial charge in [0.25, 0.3) is 0 Å². The van der Waals surface area contributed by atoms with Gasteiger partial charge in [-0.25, -0.2) is 0 Å². The Bertz CT molecular complexity index is 3140. The Morgan fingerprint density at radius 1 is 0.356 bits per heavy atom. The fourth-order valence-corrected chi connectivity index (χ4v) is 8.87. The Morgan fingerprint density at radius 2 is 0.746 bits per heavy atom. The summed E-state index contributed by atoms with van der Waals surface area (Å²) in [5.74, 6) is 0.173. The van der Waals surface area contributed by atoms with Crippen molar-refractivity contribution in [3.8, 4) is 0 Å². The molecule has 59 heavy (non-hydrogen) atoms. The van der Waals surface area contributed by atoms with Gasteiger partial charge in [-0.3, -0.25) is 0 Å². The lowest BCUT2D eigenvalue weighted by molar-refractivity contribution is 0.638. The molecule has 0 aliphatic carbocycles. The van der Waals surface area contributed by atoms with E-state index < -0.39 is 0 Å². The highest BCUT2D eigenvalue weighted by molar-refractivity contribution is 6.20. The maximum atomic E-state index is 6.87. The highest BCUT2D eigenvalue weighted by atomic mass is 16.3. The maximum absolute atomic E-state index is 6.87. The Kier molecular flexibility index (Phi) is 8.09. The predicted octanol–water partition coefficient (Wildman–Crippen LogP) is 16.5. The van der Waals surface area contributed by atoms with Crippen LogP contribution in [0.1, 0.15) is 36.5 Å². The molecule has 0 aliphatic heterocycles. The zero-order valence-corrected chi connectivity index (χ0v) is 33.5. The number of anilines is 6. The van der Waals surface area contributed by atoms with E-state index >= 15 is 0 Å². The van der Waals surface area contributed by atoms with Gasteiger partial charge in [0.2, 0.25) is 0 Å². The average Bonchev–Trinajstić information content (AvgIpc) is 3.79. The molecule has 2 aromatic heterocycles. The van der Waals surface area contributed by atoms with Crippen molar-refractivity contribution in [3.63, 3.8) is 0 Å². The van der Waals surface area contributed by atoms with E-state index in [2.05, 4.69) is 213 Å². The summed E-state index contributed by atoms with van der Waals surface area (Å²) < 4.78 is 13.7.